The summed E-state index contributed by atoms with van der Waals surface area (Å²) in [5.41, 5.74) is 1.98. The number of hydrogen-bond donors (Lipinski definition) is 2. The van der Waals surface area contributed by atoms with Crippen molar-refractivity contribution in [1.29, 1.82) is 0 Å². The minimum Gasteiger partial charge on any atom is -0.393 e. The second-order valence-corrected chi connectivity index (χ2v) is 6.26. The van der Waals surface area contributed by atoms with Crippen molar-refractivity contribution in [3.8, 4) is 0 Å². The van der Waals surface area contributed by atoms with Gasteiger partial charge in [-0.25, -0.2) is 0 Å². The molecular formula is C20H23NO2. The molecule has 2 atom stereocenters. The third-order valence-electron chi connectivity index (χ3n) is 4.69. The van der Waals surface area contributed by atoms with Gasteiger partial charge in [0, 0.05) is 12.5 Å². The van der Waals surface area contributed by atoms with Crippen molar-refractivity contribution in [1.82, 2.24) is 5.32 Å². The van der Waals surface area contributed by atoms with Gasteiger partial charge in [0.2, 0.25) is 5.91 Å². The first-order valence-electron chi connectivity index (χ1n) is 8.31. The van der Waals surface area contributed by atoms with Crippen LogP contribution in [0.1, 0.15) is 36.3 Å². The van der Waals surface area contributed by atoms with Crippen LogP contribution in [0.4, 0.5) is 0 Å². The van der Waals surface area contributed by atoms with Crippen molar-refractivity contribution in [2.45, 2.75) is 31.3 Å². The van der Waals surface area contributed by atoms with Crippen LogP contribution in [-0.4, -0.2) is 23.7 Å². The van der Waals surface area contributed by atoms with E-state index >= 15 is 0 Å². The lowest BCUT2D eigenvalue weighted by Crippen LogP contribution is -2.36. The lowest BCUT2D eigenvalue weighted by molar-refractivity contribution is -0.122. The molecule has 0 aromatic heterocycles. The van der Waals surface area contributed by atoms with Gasteiger partial charge in [-0.05, 0) is 24.0 Å². The topological polar surface area (TPSA) is 49.3 Å². The van der Waals surface area contributed by atoms with Crippen LogP contribution in [-0.2, 0) is 4.79 Å². The van der Waals surface area contributed by atoms with E-state index in [0.29, 0.717) is 6.54 Å². The molecule has 1 amide bonds. The Hall–Kier alpha value is -2.13. The largest absolute Gasteiger partial charge is 0.393 e. The van der Waals surface area contributed by atoms with Gasteiger partial charge in [-0.15, -0.1) is 0 Å². The predicted octanol–water partition coefficient (Wildman–Crippen LogP) is 3.10. The molecular weight excluding hydrogens is 286 g/mol. The third-order valence-corrected chi connectivity index (χ3v) is 4.69. The molecule has 0 bridgehead atoms. The lowest BCUT2D eigenvalue weighted by atomic mass is 9.90. The monoisotopic (exact) mass is 309 g/mol. The van der Waals surface area contributed by atoms with Crippen LogP contribution in [0.2, 0.25) is 0 Å². The van der Waals surface area contributed by atoms with E-state index in [0.717, 1.165) is 30.4 Å². The van der Waals surface area contributed by atoms with Crippen LogP contribution in [0.25, 0.3) is 0 Å². The first-order valence-corrected chi connectivity index (χ1v) is 8.31. The highest BCUT2D eigenvalue weighted by Crippen LogP contribution is 2.27. The molecule has 3 nitrogen and oxygen atoms in total. The smallest absolute Gasteiger partial charge is 0.232 e. The molecule has 1 aliphatic carbocycles. The van der Waals surface area contributed by atoms with E-state index in [1.54, 1.807) is 0 Å². The quantitative estimate of drug-likeness (QED) is 0.891. The first kappa shape index (κ1) is 15.8. The third kappa shape index (κ3) is 3.80. The van der Waals surface area contributed by atoms with Gasteiger partial charge in [0.25, 0.3) is 0 Å². The Labute approximate surface area is 137 Å². The zero-order chi connectivity index (χ0) is 16.1. The molecule has 0 saturated heterocycles. The summed E-state index contributed by atoms with van der Waals surface area (Å²) in [7, 11) is 0. The maximum Gasteiger partial charge on any atom is 0.232 e. The van der Waals surface area contributed by atoms with Crippen molar-refractivity contribution >= 4 is 5.91 Å². The van der Waals surface area contributed by atoms with Gasteiger partial charge in [0.05, 0.1) is 12.0 Å². The zero-order valence-corrected chi connectivity index (χ0v) is 13.2. The molecule has 1 fully saturated rings. The number of aliphatic hydroxyl groups excluding tert-OH is 1. The fourth-order valence-corrected chi connectivity index (χ4v) is 3.38. The van der Waals surface area contributed by atoms with Gasteiger partial charge in [0.1, 0.15) is 0 Å². The van der Waals surface area contributed by atoms with Crippen molar-refractivity contribution in [2.75, 3.05) is 6.54 Å². The van der Waals surface area contributed by atoms with E-state index in [-0.39, 0.29) is 23.8 Å². The van der Waals surface area contributed by atoms with Gasteiger partial charge >= 0.3 is 0 Å². The summed E-state index contributed by atoms with van der Waals surface area (Å²) in [4.78, 5) is 12.8. The van der Waals surface area contributed by atoms with Crippen LogP contribution in [0, 0.1) is 5.92 Å². The van der Waals surface area contributed by atoms with Gasteiger partial charge in [-0.1, -0.05) is 67.1 Å². The molecule has 2 aromatic carbocycles. The maximum atomic E-state index is 12.8. The Morgan fingerprint density at radius 1 is 1.00 bits per heavy atom. The summed E-state index contributed by atoms with van der Waals surface area (Å²) < 4.78 is 0. The summed E-state index contributed by atoms with van der Waals surface area (Å²) in [5.74, 6) is -0.122. The molecule has 2 aromatic rings. The van der Waals surface area contributed by atoms with Crippen LogP contribution < -0.4 is 5.32 Å². The Kier molecular flexibility index (Phi) is 5.09. The van der Waals surface area contributed by atoms with Gasteiger partial charge in [0.15, 0.2) is 0 Å². The summed E-state index contributed by atoms with van der Waals surface area (Å²) in [6.07, 6.45) is 2.61. The number of amides is 1. The normalized spacial score (nSPS) is 20.6. The molecule has 23 heavy (non-hydrogen) atoms. The van der Waals surface area contributed by atoms with Crippen molar-refractivity contribution in [2.24, 2.45) is 5.92 Å². The van der Waals surface area contributed by atoms with Crippen molar-refractivity contribution < 1.29 is 9.90 Å². The van der Waals surface area contributed by atoms with Gasteiger partial charge < -0.3 is 10.4 Å². The minimum atomic E-state index is -0.309. The van der Waals surface area contributed by atoms with E-state index in [1.807, 2.05) is 60.7 Å². The highest BCUT2D eigenvalue weighted by Gasteiger charge is 2.27. The summed E-state index contributed by atoms with van der Waals surface area (Å²) in [6.45, 7) is 0.552. The first-order chi connectivity index (χ1) is 11.3. The van der Waals surface area contributed by atoms with E-state index < -0.39 is 0 Å². The maximum absolute atomic E-state index is 12.8. The fourth-order valence-electron chi connectivity index (χ4n) is 3.38. The van der Waals surface area contributed by atoms with E-state index in [1.165, 1.54) is 0 Å². The number of nitrogens with one attached hydrogen (secondary N) is 1. The average Bonchev–Trinajstić information content (AvgIpc) is 3.00. The van der Waals surface area contributed by atoms with Crippen molar-refractivity contribution in [3.63, 3.8) is 0 Å². The molecule has 0 aliphatic heterocycles. The van der Waals surface area contributed by atoms with E-state index in [4.69, 9.17) is 0 Å². The summed E-state index contributed by atoms with van der Waals surface area (Å²) in [5, 5.41) is 13.0. The minimum absolute atomic E-state index is 0.00139. The number of carbonyl (C=O) groups is 1. The fraction of sp³-hybridized carbons (Fsp3) is 0.350. The molecule has 2 N–H and O–H groups in total. The molecule has 1 saturated carbocycles. The second kappa shape index (κ2) is 7.42. The molecule has 1 aliphatic rings. The standard InChI is InChI=1S/C20H23NO2/c22-18-13-7-12-17(18)14-21-20(23)19(15-8-3-1-4-9-15)16-10-5-2-6-11-16/h1-6,8-11,17-19,22H,7,12-14H2,(H,21,23). The number of benzene rings is 2. The van der Waals surface area contributed by atoms with Gasteiger partial charge in [-0.2, -0.15) is 0 Å². The predicted molar refractivity (Wildman–Crippen MR) is 91.1 cm³/mol. The number of hydrogen-bond acceptors (Lipinski definition) is 2. The van der Waals surface area contributed by atoms with Crippen LogP contribution in [0.15, 0.2) is 60.7 Å². The molecule has 3 rings (SSSR count). The number of carbonyl (C=O) groups excluding carboxylic acids is 1. The summed E-state index contributed by atoms with van der Waals surface area (Å²) in [6, 6.07) is 19.7. The van der Waals surface area contributed by atoms with E-state index in [9.17, 15) is 9.90 Å². The molecule has 0 radical (unpaired) electrons. The lowest BCUT2D eigenvalue weighted by Gasteiger charge is -2.20. The number of aliphatic hydroxyl groups is 1. The summed E-state index contributed by atoms with van der Waals surface area (Å²) >= 11 is 0. The van der Waals surface area contributed by atoms with Gasteiger partial charge in [-0.3, -0.25) is 4.79 Å². The SMILES string of the molecule is O=C(NCC1CCCC1O)C(c1ccccc1)c1ccccc1. The molecule has 2 unspecified atom stereocenters. The molecule has 0 spiro atoms. The van der Waals surface area contributed by atoms with E-state index in [2.05, 4.69) is 5.32 Å². The molecule has 0 heterocycles. The highest BCUT2D eigenvalue weighted by molar-refractivity contribution is 5.87. The van der Waals surface area contributed by atoms with Crippen LogP contribution >= 0.6 is 0 Å². The van der Waals surface area contributed by atoms with Crippen LogP contribution in [0.5, 0.6) is 0 Å². The Bertz CT molecular complexity index is 587. The Morgan fingerprint density at radius 3 is 2.04 bits per heavy atom. The highest BCUT2D eigenvalue weighted by atomic mass is 16.3. The molecule has 3 heteroatoms. The average molecular weight is 309 g/mol. The number of rotatable bonds is 5. The van der Waals surface area contributed by atoms with Crippen LogP contribution in [0.3, 0.4) is 0 Å². The molecule has 120 valence electrons. The van der Waals surface area contributed by atoms with Crippen molar-refractivity contribution in [3.05, 3.63) is 71.8 Å². The Morgan fingerprint density at radius 2 is 1.57 bits per heavy atom. The zero-order valence-electron chi connectivity index (χ0n) is 13.2. The Balaban J connectivity index is 1.77. The second-order valence-electron chi connectivity index (χ2n) is 6.26.